The first kappa shape index (κ1) is 14.8. The standard InChI is InChI=1S/C10H18OSi.CH3NO2/c1-4-12(5-2,6-3)10-8-7-9-11-10;2-1(3)4/h7-9H,4-6H2,1-3H3;2H2,(H,3,4). The van der Waals surface area contributed by atoms with Gasteiger partial charge in [-0.1, -0.05) is 38.9 Å². The molecule has 16 heavy (non-hydrogen) atoms. The summed E-state index contributed by atoms with van der Waals surface area (Å²) in [5, 5.41) is 8.48. The molecule has 0 aliphatic carbocycles. The number of amides is 1. The molecule has 0 atom stereocenters. The smallest absolute Gasteiger partial charge is 0.402 e. The van der Waals surface area contributed by atoms with Crippen LogP contribution in [0.3, 0.4) is 0 Å². The minimum Gasteiger partial charge on any atom is -0.474 e. The number of rotatable bonds is 4. The zero-order valence-electron chi connectivity index (χ0n) is 10.2. The van der Waals surface area contributed by atoms with Crippen LogP contribution in [0.2, 0.25) is 18.1 Å². The Hall–Kier alpha value is -1.23. The fraction of sp³-hybridized carbons (Fsp3) is 0.545. The van der Waals surface area contributed by atoms with Gasteiger partial charge in [0, 0.05) is 0 Å². The molecule has 1 rings (SSSR count). The Morgan fingerprint density at radius 2 is 1.81 bits per heavy atom. The fourth-order valence-corrected chi connectivity index (χ4v) is 5.17. The van der Waals surface area contributed by atoms with Gasteiger partial charge in [0.05, 0.1) is 11.6 Å². The zero-order chi connectivity index (χ0) is 12.6. The van der Waals surface area contributed by atoms with E-state index in [1.165, 1.54) is 23.5 Å². The van der Waals surface area contributed by atoms with Crippen molar-refractivity contribution in [3.05, 3.63) is 18.4 Å². The molecule has 0 fully saturated rings. The highest BCUT2D eigenvalue weighted by Crippen LogP contribution is 2.19. The summed E-state index contributed by atoms with van der Waals surface area (Å²) in [5.74, 6) is 0. The number of carbonyl (C=O) groups is 1. The molecular weight excluding hydrogens is 222 g/mol. The molecule has 1 heterocycles. The lowest BCUT2D eigenvalue weighted by atomic mass is 10.7. The lowest BCUT2D eigenvalue weighted by molar-refractivity contribution is 0.205. The molecule has 0 aliphatic rings. The van der Waals surface area contributed by atoms with Gasteiger partial charge in [0.25, 0.3) is 0 Å². The average Bonchev–Trinajstić information content (AvgIpc) is 2.74. The van der Waals surface area contributed by atoms with Crippen molar-refractivity contribution in [2.75, 3.05) is 0 Å². The van der Waals surface area contributed by atoms with Crippen LogP contribution >= 0.6 is 0 Å². The van der Waals surface area contributed by atoms with Crippen LogP contribution in [0.1, 0.15) is 20.8 Å². The van der Waals surface area contributed by atoms with E-state index in [2.05, 4.69) is 32.6 Å². The largest absolute Gasteiger partial charge is 0.474 e. The van der Waals surface area contributed by atoms with E-state index in [0.29, 0.717) is 0 Å². The summed E-state index contributed by atoms with van der Waals surface area (Å²) < 4.78 is 5.53. The Morgan fingerprint density at radius 3 is 2.06 bits per heavy atom. The molecule has 5 heteroatoms. The maximum Gasteiger partial charge on any atom is 0.402 e. The third-order valence-electron chi connectivity index (χ3n) is 3.07. The lowest BCUT2D eigenvalue weighted by Gasteiger charge is -2.24. The number of hydrogen-bond donors (Lipinski definition) is 2. The van der Waals surface area contributed by atoms with Crippen molar-refractivity contribution in [3.8, 4) is 0 Å². The molecule has 92 valence electrons. The monoisotopic (exact) mass is 243 g/mol. The van der Waals surface area contributed by atoms with E-state index < -0.39 is 14.2 Å². The second-order valence-corrected chi connectivity index (χ2v) is 8.83. The van der Waals surface area contributed by atoms with E-state index >= 15 is 0 Å². The highest BCUT2D eigenvalue weighted by atomic mass is 28.3. The van der Waals surface area contributed by atoms with Crippen LogP contribution < -0.4 is 11.1 Å². The second-order valence-electron chi connectivity index (χ2n) is 3.66. The Kier molecular flexibility index (Phi) is 6.56. The van der Waals surface area contributed by atoms with Crippen LogP contribution in [0.15, 0.2) is 22.8 Å². The van der Waals surface area contributed by atoms with Gasteiger partial charge in [-0.05, 0) is 12.1 Å². The zero-order valence-corrected chi connectivity index (χ0v) is 11.2. The summed E-state index contributed by atoms with van der Waals surface area (Å²) in [6, 6.07) is 8.06. The molecule has 0 aromatic carbocycles. The molecule has 0 saturated heterocycles. The number of furan rings is 1. The van der Waals surface area contributed by atoms with Gasteiger partial charge in [-0.2, -0.15) is 0 Å². The maximum absolute atomic E-state index is 8.78. The Morgan fingerprint density at radius 1 is 1.38 bits per heavy atom. The Labute approximate surface area is 97.5 Å². The van der Waals surface area contributed by atoms with Crippen LogP contribution in [0.4, 0.5) is 4.79 Å². The highest BCUT2D eigenvalue weighted by molar-refractivity contribution is 6.90. The third kappa shape index (κ3) is 4.10. The summed E-state index contributed by atoms with van der Waals surface area (Å²) in [6.07, 6.45) is 0.470. The topological polar surface area (TPSA) is 76.5 Å². The van der Waals surface area contributed by atoms with Crippen molar-refractivity contribution in [1.82, 2.24) is 0 Å². The number of hydrogen-bond acceptors (Lipinski definition) is 2. The summed E-state index contributed by atoms with van der Waals surface area (Å²) in [4.78, 5) is 8.78. The van der Waals surface area contributed by atoms with Gasteiger partial charge in [-0.25, -0.2) is 4.79 Å². The molecule has 0 unspecified atom stereocenters. The number of carboxylic acid groups (broad SMARTS) is 1. The molecule has 0 saturated carbocycles. The predicted molar refractivity (Wildman–Crippen MR) is 67.8 cm³/mol. The summed E-state index contributed by atoms with van der Waals surface area (Å²) >= 11 is 0. The normalized spacial score (nSPS) is 10.4. The SMILES string of the molecule is CC[Si](CC)(CC)c1ccco1.NC(=O)O. The Balaban J connectivity index is 0.000000487. The van der Waals surface area contributed by atoms with Gasteiger partial charge >= 0.3 is 6.09 Å². The minimum atomic E-state index is -1.33. The van der Waals surface area contributed by atoms with Crippen molar-refractivity contribution >= 4 is 19.6 Å². The first-order chi connectivity index (χ1) is 7.52. The first-order valence-electron chi connectivity index (χ1n) is 5.54. The third-order valence-corrected chi connectivity index (χ3v) is 8.46. The van der Waals surface area contributed by atoms with E-state index in [-0.39, 0.29) is 0 Å². The molecular formula is C11H21NO3Si. The molecule has 3 N–H and O–H groups in total. The van der Waals surface area contributed by atoms with Gasteiger partial charge < -0.3 is 15.3 Å². The van der Waals surface area contributed by atoms with Gasteiger partial charge in [-0.3, -0.25) is 0 Å². The van der Waals surface area contributed by atoms with E-state index in [9.17, 15) is 0 Å². The number of primary amides is 1. The fourth-order valence-electron chi connectivity index (χ4n) is 1.85. The van der Waals surface area contributed by atoms with Crippen molar-refractivity contribution in [1.29, 1.82) is 0 Å². The van der Waals surface area contributed by atoms with E-state index in [1.54, 1.807) is 6.26 Å². The van der Waals surface area contributed by atoms with Crippen LogP contribution in [-0.4, -0.2) is 19.3 Å². The molecule has 1 amide bonds. The summed E-state index contributed by atoms with van der Waals surface area (Å²) in [7, 11) is -1.21. The molecule has 0 radical (unpaired) electrons. The van der Waals surface area contributed by atoms with Crippen LogP contribution in [-0.2, 0) is 0 Å². The predicted octanol–water partition coefficient (Wildman–Crippen LogP) is 2.62. The average molecular weight is 243 g/mol. The molecule has 0 aliphatic heterocycles. The maximum atomic E-state index is 8.78. The Bertz CT molecular complexity index is 282. The summed E-state index contributed by atoms with van der Waals surface area (Å²) in [6.45, 7) is 6.88. The highest BCUT2D eigenvalue weighted by Gasteiger charge is 2.31. The van der Waals surface area contributed by atoms with E-state index in [4.69, 9.17) is 14.3 Å². The number of nitrogens with two attached hydrogens (primary N) is 1. The van der Waals surface area contributed by atoms with Crippen molar-refractivity contribution < 1.29 is 14.3 Å². The van der Waals surface area contributed by atoms with Crippen molar-refractivity contribution in [3.63, 3.8) is 0 Å². The first-order valence-corrected chi connectivity index (χ1v) is 8.16. The molecule has 1 aromatic heterocycles. The van der Waals surface area contributed by atoms with Crippen LogP contribution in [0.5, 0.6) is 0 Å². The summed E-state index contributed by atoms with van der Waals surface area (Å²) in [5.41, 5.74) is 4.03. The van der Waals surface area contributed by atoms with Gasteiger partial charge in [-0.15, -0.1) is 0 Å². The molecule has 0 spiro atoms. The molecule has 0 bridgehead atoms. The van der Waals surface area contributed by atoms with Crippen molar-refractivity contribution in [2.24, 2.45) is 5.73 Å². The second kappa shape index (κ2) is 7.11. The molecule has 4 nitrogen and oxygen atoms in total. The lowest BCUT2D eigenvalue weighted by Crippen LogP contribution is -2.44. The van der Waals surface area contributed by atoms with E-state index in [0.717, 1.165) is 0 Å². The molecule has 1 aromatic rings. The van der Waals surface area contributed by atoms with Gasteiger partial charge in [0.1, 0.15) is 8.07 Å². The minimum absolute atomic E-state index is 1.21. The quantitative estimate of drug-likeness (QED) is 0.798. The van der Waals surface area contributed by atoms with Crippen LogP contribution in [0.25, 0.3) is 0 Å². The van der Waals surface area contributed by atoms with Crippen molar-refractivity contribution in [2.45, 2.75) is 38.9 Å². The van der Waals surface area contributed by atoms with E-state index in [1.807, 2.05) is 6.07 Å². The van der Waals surface area contributed by atoms with Gasteiger partial charge in [0.2, 0.25) is 0 Å². The van der Waals surface area contributed by atoms with Gasteiger partial charge in [0.15, 0.2) is 0 Å². The van der Waals surface area contributed by atoms with Crippen LogP contribution in [0, 0.1) is 0 Å².